The van der Waals surface area contributed by atoms with Gasteiger partial charge in [-0.1, -0.05) is 18.2 Å². The van der Waals surface area contributed by atoms with Gasteiger partial charge in [0.1, 0.15) is 12.4 Å². The molecule has 1 aliphatic rings. The van der Waals surface area contributed by atoms with Gasteiger partial charge in [0, 0.05) is 21.7 Å². The Bertz CT molecular complexity index is 1050. The first-order valence-corrected chi connectivity index (χ1v) is 9.23. The molecular weight excluding hydrogens is 362 g/mol. The standard InChI is InChI=1S/C21H17NO4S/c1-12-7-8-13(21(24)25-2)9-16(12)22-20(23)18-10-14-11-26-17-6-4-3-5-15(17)19(14)27-18/h3-10H,11H2,1-2H3,(H,22,23). The number of hydrogen-bond acceptors (Lipinski definition) is 5. The molecule has 1 aliphatic heterocycles. The van der Waals surface area contributed by atoms with Gasteiger partial charge in [-0.3, -0.25) is 4.79 Å². The van der Waals surface area contributed by atoms with Crippen LogP contribution in [-0.2, 0) is 11.3 Å². The second-order valence-electron chi connectivity index (χ2n) is 6.23. The lowest BCUT2D eigenvalue weighted by atomic mass is 10.1. The van der Waals surface area contributed by atoms with Crippen LogP contribution in [0.5, 0.6) is 5.75 Å². The number of hydrogen-bond donors (Lipinski definition) is 1. The third kappa shape index (κ3) is 3.19. The first-order valence-electron chi connectivity index (χ1n) is 8.42. The molecule has 1 amide bonds. The molecule has 0 radical (unpaired) electrons. The largest absolute Gasteiger partial charge is 0.488 e. The van der Waals surface area contributed by atoms with E-state index in [2.05, 4.69) is 5.32 Å². The maximum Gasteiger partial charge on any atom is 0.337 e. The molecule has 5 nitrogen and oxygen atoms in total. The molecule has 0 saturated carbocycles. The number of nitrogens with one attached hydrogen (secondary N) is 1. The number of esters is 1. The first kappa shape index (κ1) is 17.3. The van der Waals surface area contributed by atoms with Gasteiger partial charge in [-0.25, -0.2) is 4.79 Å². The number of ether oxygens (including phenoxy) is 2. The molecule has 0 saturated heterocycles. The number of rotatable bonds is 3. The van der Waals surface area contributed by atoms with Gasteiger partial charge in [0.25, 0.3) is 5.91 Å². The number of amides is 1. The molecule has 27 heavy (non-hydrogen) atoms. The zero-order chi connectivity index (χ0) is 19.0. The average molecular weight is 379 g/mol. The van der Waals surface area contributed by atoms with Crippen LogP contribution in [0.15, 0.2) is 48.5 Å². The van der Waals surface area contributed by atoms with Gasteiger partial charge in [0.2, 0.25) is 0 Å². The van der Waals surface area contributed by atoms with Crippen molar-refractivity contribution in [1.29, 1.82) is 0 Å². The van der Waals surface area contributed by atoms with E-state index in [0.29, 0.717) is 22.7 Å². The van der Waals surface area contributed by atoms with Crippen LogP contribution in [0.25, 0.3) is 10.4 Å². The average Bonchev–Trinajstić information content (AvgIpc) is 3.14. The summed E-state index contributed by atoms with van der Waals surface area (Å²) in [7, 11) is 1.33. The van der Waals surface area contributed by atoms with Crippen LogP contribution < -0.4 is 10.1 Å². The number of carbonyl (C=O) groups excluding carboxylic acids is 2. The van der Waals surface area contributed by atoms with Gasteiger partial charge in [0.05, 0.1) is 17.6 Å². The SMILES string of the molecule is COC(=O)c1ccc(C)c(NC(=O)c2cc3c(s2)-c2ccccc2OC3)c1. The van der Waals surface area contributed by atoms with Gasteiger partial charge in [-0.15, -0.1) is 11.3 Å². The Balaban J connectivity index is 1.63. The predicted molar refractivity (Wildman–Crippen MR) is 105 cm³/mol. The summed E-state index contributed by atoms with van der Waals surface area (Å²) in [4.78, 5) is 26.2. The molecule has 4 rings (SSSR count). The fourth-order valence-corrected chi connectivity index (χ4v) is 4.09. The van der Waals surface area contributed by atoms with Gasteiger partial charge in [0.15, 0.2) is 0 Å². The molecule has 2 heterocycles. The van der Waals surface area contributed by atoms with Crippen molar-refractivity contribution in [2.24, 2.45) is 0 Å². The van der Waals surface area contributed by atoms with Crippen LogP contribution in [0.2, 0.25) is 0 Å². The van der Waals surface area contributed by atoms with Crippen molar-refractivity contribution in [2.75, 3.05) is 12.4 Å². The van der Waals surface area contributed by atoms with E-state index in [1.807, 2.05) is 37.3 Å². The molecular formula is C21H17NO4S. The maximum atomic E-state index is 12.8. The van der Waals surface area contributed by atoms with E-state index in [9.17, 15) is 9.59 Å². The Morgan fingerprint density at radius 2 is 1.96 bits per heavy atom. The monoisotopic (exact) mass is 379 g/mol. The lowest BCUT2D eigenvalue weighted by molar-refractivity contribution is 0.0600. The van der Waals surface area contributed by atoms with Crippen molar-refractivity contribution >= 4 is 28.9 Å². The van der Waals surface area contributed by atoms with Crippen molar-refractivity contribution in [1.82, 2.24) is 0 Å². The number of methoxy groups -OCH3 is 1. The van der Waals surface area contributed by atoms with Crippen LogP contribution in [0.3, 0.4) is 0 Å². The van der Waals surface area contributed by atoms with Crippen LogP contribution in [0.1, 0.15) is 31.2 Å². The minimum absolute atomic E-state index is 0.211. The second-order valence-corrected chi connectivity index (χ2v) is 7.28. The van der Waals surface area contributed by atoms with Gasteiger partial charge < -0.3 is 14.8 Å². The minimum Gasteiger partial charge on any atom is -0.488 e. The first-order chi connectivity index (χ1) is 13.1. The highest BCUT2D eigenvalue weighted by atomic mass is 32.1. The Kier molecular flexibility index (Phi) is 4.41. The third-order valence-electron chi connectivity index (χ3n) is 4.45. The lowest BCUT2D eigenvalue weighted by Crippen LogP contribution is -2.12. The van der Waals surface area contributed by atoms with Crippen LogP contribution in [-0.4, -0.2) is 19.0 Å². The number of thiophene rings is 1. The molecule has 0 aliphatic carbocycles. The zero-order valence-electron chi connectivity index (χ0n) is 14.9. The summed E-state index contributed by atoms with van der Waals surface area (Å²) in [6.45, 7) is 2.33. The number of fused-ring (bicyclic) bond motifs is 3. The smallest absolute Gasteiger partial charge is 0.337 e. The Hall–Kier alpha value is -3.12. The fraction of sp³-hybridized carbons (Fsp3) is 0.143. The van der Waals surface area contributed by atoms with E-state index < -0.39 is 5.97 Å². The fourth-order valence-electron chi connectivity index (χ4n) is 3.00. The molecule has 0 spiro atoms. The van der Waals surface area contributed by atoms with Crippen LogP contribution >= 0.6 is 11.3 Å². The highest BCUT2D eigenvalue weighted by molar-refractivity contribution is 7.17. The van der Waals surface area contributed by atoms with Crippen molar-refractivity contribution in [3.8, 4) is 16.2 Å². The summed E-state index contributed by atoms with van der Waals surface area (Å²) in [5.41, 5.74) is 3.86. The third-order valence-corrected chi connectivity index (χ3v) is 5.66. The van der Waals surface area contributed by atoms with E-state index >= 15 is 0 Å². The maximum absolute atomic E-state index is 12.8. The van der Waals surface area contributed by atoms with Gasteiger partial charge in [-0.05, 0) is 42.8 Å². The van der Waals surface area contributed by atoms with Crippen LogP contribution in [0, 0.1) is 6.92 Å². The summed E-state index contributed by atoms with van der Waals surface area (Å²) < 4.78 is 10.5. The van der Waals surface area contributed by atoms with Crippen LogP contribution in [0.4, 0.5) is 5.69 Å². The highest BCUT2D eigenvalue weighted by Gasteiger charge is 2.22. The number of carbonyl (C=O) groups is 2. The van der Waals surface area contributed by atoms with Crippen molar-refractivity contribution in [3.05, 3.63) is 70.1 Å². The Labute approximate surface area is 160 Å². The summed E-state index contributed by atoms with van der Waals surface area (Å²) in [5.74, 6) is 0.184. The van der Waals surface area contributed by atoms with Crippen molar-refractivity contribution < 1.29 is 19.1 Å². The molecule has 0 unspecified atom stereocenters. The molecule has 0 fully saturated rings. The zero-order valence-corrected chi connectivity index (χ0v) is 15.7. The molecule has 0 bridgehead atoms. The minimum atomic E-state index is -0.439. The molecule has 3 aromatic rings. The molecule has 136 valence electrons. The van der Waals surface area contributed by atoms with E-state index in [-0.39, 0.29) is 5.91 Å². The highest BCUT2D eigenvalue weighted by Crippen LogP contribution is 2.42. The Morgan fingerprint density at radius 3 is 2.78 bits per heavy atom. The second kappa shape index (κ2) is 6.89. The lowest BCUT2D eigenvalue weighted by Gasteiger charge is -2.16. The summed E-state index contributed by atoms with van der Waals surface area (Å²) in [6, 6.07) is 14.8. The molecule has 2 aromatic carbocycles. The Morgan fingerprint density at radius 1 is 1.15 bits per heavy atom. The number of para-hydroxylation sites is 1. The van der Waals surface area contributed by atoms with E-state index in [1.165, 1.54) is 18.4 Å². The summed E-state index contributed by atoms with van der Waals surface area (Å²) >= 11 is 1.44. The normalized spacial score (nSPS) is 11.8. The topological polar surface area (TPSA) is 64.6 Å². The molecule has 1 aromatic heterocycles. The number of benzene rings is 2. The van der Waals surface area contributed by atoms with Gasteiger partial charge >= 0.3 is 5.97 Å². The summed E-state index contributed by atoms with van der Waals surface area (Å²) in [5, 5.41) is 2.90. The van der Waals surface area contributed by atoms with Crippen molar-refractivity contribution in [3.63, 3.8) is 0 Å². The molecule has 6 heteroatoms. The van der Waals surface area contributed by atoms with Gasteiger partial charge in [-0.2, -0.15) is 0 Å². The van der Waals surface area contributed by atoms with E-state index in [4.69, 9.17) is 9.47 Å². The van der Waals surface area contributed by atoms with Crippen molar-refractivity contribution in [2.45, 2.75) is 13.5 Å². The quantitative estimate of drug-likeness (QED) is 0.673. The predicted octanol–water partition coefficient (Wildman–Crippen LogP) is 4.65. The number of aryl methyl sites for hydroxylation is 1. The molecule has 1 N–H and O–H groups in total. The summed E-state index contributed by atoms with van der Waals surface area (Å²) in [6.07, 6.45) is 0. The van der Waals surface area contributed by atoms with E-state index in [0.717, 1.165) is 27.3 Å². The molecule has 0 atom stereocenters. The van der Waals surface area contributed by atoms with E-state index in [1.54, 1.807) is 18.2 Å². The number of anilines is 1.